The fraction of sp³-hybridized carbons (Fsp3) is 0.643. The van der Waals surface area contributed by atoms with Crippen molar-refractivity contribution in [2.45, 2.75) is 44.3 Å². The topological polar surface area (TPSA) is 46.5 Å². The van der Waals surface area contributed by atoms with Gasteiger partial charge in [0.1, 0.15) is 6.10 Å². The third kappa shape index (κ3) is 2.44. The van der Waals surface area contributed by atoms with E-state index in [1.165, 1.54) is 5.57 Å². The summed E-state index contributed by atoms with van der Waals surface area (Å²) < 4.78 is 5.40. The van der Waals surface area contributed by atoms with Gasteiger partial charge in [-0.3, -0.25) is 4.79 Å². The zero-order valence-corrected chi connectivity index (χ0v) is 10.1. The highest BCUT2D eigenvalue weighted by atomic mass is 16.6. The number of aliphatic hydroxyl groups is 1. The van der Waals surface area contributed by atoms with Crippen LogP contribution in [-0.2, 0) is 9.53 Å². The Morgan fingerprint density at radius 3 is 2.94 bits per heavy atom. The molecule has 0 spiro atoms. The average Bonchev–Trinajstić information content (AvgIpc) is 2.84. The highest BCUT2D eigenvalue weighted by molar-refractivity contribution is 5.72. The molecule has 4 unspecified atom stereocenters. The Labute approximate surface area is 102 Å². The lowest BCUT2D eigenvalue weighted by Crippen LogP contribution is -2.33. The van der Waals surface area contributed by atoms with Crippen LogP contribution in [0.5, 0.6) is 0 Å². The Hall–Kier alpha value is -1.09. The van der Waals surface area contributed by atoms with E-state index in [0.717, 1.165) is 19.3 Å². The van der Waals surface area contributed by atoms with E-state index < -0.39 is 6.10 Å². The van der Waals surface area contributed by atoms with Crippen LogP contribution in [-0.4, -0.2) is 23.3 Å². The number of aliphatic hydroxyl groups excluding tert-OH is 1. The summed E-state index contributed by atoms with van der Waals surface area (Å²) in [6.45, 7) is 7.68. The molecule has 1 saturated heterocycles. The lowest BCUT2D eigenvalue weighted by Gasteiger charge is -2.27. The van der Waals surface area contributed by atoms with E-state index in [9.17, 15) is 9.90 Å². The molecule has 1 N–H and O–H groups in total. The van der Waals surface area contributed by atoms with E-state index >= 15 is 0 Å². The molecule has 3 heteroatoms. The van der Waals surface area contributed by atoms with Gasteiger partial charge in [-0.1, -0.05) is 18.2 Å². The van der Waals surface area contributed by atoms with Gasteiger partial charge in [0.2, 0.25) is 0 Å². The summed E-state index contributed by atoms with van der Waals surface area (Å²) in [7, 11) is 0. The summed E-state index contributed by atoms with van der Waals surface area (Å²) in [6, 6.07) is 0. The number of cyclic esters (lactones) is 1. The van der Waals surface area contributed by atoms with Crippen molar-refractivity contribution in [1.29, 1.82) is 0 Å². The molecular formula is C14H20O3. The van der Waals surface area contributed by atoms with Crippen LogP contribution < -0.4 is 0 Å². The van der Waals surface area contributed by atoms with Gasteiger partial charge in [-0.25, -0.2) is 0 Å². The molecule has 2 aliphatic rings. The second kappa shape index (κ2) is 5.05. The van der Waals surface area contributed by atoms with Gasteiger partial charge in [0.15, 0.2) is 0 Å². The molecule has 1 aliphatic carbocycles. The summed E-state index contributed by atoms with van der Waals surface area (Å²) in [5, 5.41) is 10.1. The first-order valence-electron chi connectivity index (χ1n) is 6.29. The fourth-order valence-corrected chi connectivity index (χ4v) is 3.01. The van der Waals surface area contributed by atoms with Crippen molar-refractivity contribution >= 4 is 5.97 Å². The molecule has 0 aromatic heterocycles. The van der Waals surface area contributed by atoms with Gasteiger partial charge >= 0.3 is 5.97 Å². The average molecular weight is 236 g/mol. The number of rotatable bonds is 4. The third-order valence-corrected chi connectivity index (χ3v) is 3.93. The highest BCUT2D eigenvalue weighted by Crippen LogP contribution is 2.41. The SMILES string of the molecule is C=CCC(O)C1CC(=O)OC1C1CCCC1=C. The highest BCUT2D eigenvalue weighted by Gasteiger charge is 2.44. The summed E-state index contributed by atoms with van der Waals surface area (Å²) >= 11 is 0. The number of hydrogen-bond donors (Lipinski definition) is 1. The van der Waals surface area contributed by atoms with E-state index in [4.69, 9.17) is 4.74 Å². The van der Waals surface area contributed by atoms with E-state index in [-0.39, 0.29) is 23.9 Å². The van der Waals surface area contributed by atoms with Crippen LogP contribution in [0.4, 0.5) is 0 Å². The lowest BCUT2D eigenvalue weighted by molar-refractivity contribution is -0.143. The van der Waals surface area contributed by atoms with Crippen LogP contribution in [0, 0.1) is 11.8 Å². The third-order valence-electron chi connectivity index (χ3n) is 3.93. The van der Waals surface area contributed by atoms with E-state index in [0.29, 0.717) is 12.8 Å². The van der Waals surface area contributed by atoms with Crippen molar-refractivity contribution in [2.75, 3.05) is 0 Å². The van der Waals surface area contributed by atoms with Gasteiger partial charge in [0, 0.05) is 11.8 Å². The zero-order valence-electron chi connectivity index (χ0n) is 10.1. The number of esters is 1. The fourth-order valence-electron chi connectivity index (χ4n) is 3.01. The Balaban J connectivity index is 2.10. The molecule has 0 amide bonds. The summed E-state index contributed by atoms with van der Waals surface area (Å²) in [5.41, 5.74) is 1.17. The molecule has 3 nitrogen and oxygen atoms in total. The second-order valence-electron chi connectivity index (χ2n) is 5.07. The maximum Gasteiger partial charge on any atom is 0.306 e. The minimum Gasteiger partial charge on any atom is -0.461 e. The zero-order chi connectivity index (χ0) is 12.4. The van der Waals surface area contributed by atoms with E-state index in [2.05, 4.69) is 13.2 Å². The first kappa shape index (κ1) is 12.4. The Morgan fingerprint density at radius 2 is 2.35 bits per heavy atom. The molecule has 2 fully saturated rings. The molecule has 1 saturated carbocycles. The van der Waals surface area contributed by atoms with Crippen LogP contribution in [0.2, 0.25) is 0 Å². The van der Waals surface area contributed by atoms with Gasteiger partial charge in [-0.15, -0.1) is 6.58 Å². The summed E-state index contributed by atoms with van der Waals surface area (Å²) in [5.74, 6) is -0.0472. The maximum atomic E-state index is 11.4. The Kier molecular flexibility index (Phi) is 3.67. The van der Waals surface area contributed by atoms with Gasteiger partial charge in [0.25, 0.3) is 0 Å². The van der Waals surface area contributed by atoms with Crippen molar-refractivity contribution in [3.8, 4) is 0 Å². The maximum absolute atomic E-state index is 11.4. The van der Waals surface area contributed by atoms with Gasteiger partial charge in [-0.05, 0) is 25.7 Å². The van der Waals surface area contributed by atoms with Crippen molar-refractivity contribution < 1.29 is 14.6 Å². The normalized spacial score (nSPS) is 34.8. The summed E-state index contributed by atoms with van der Waals surface area (Å²) in [6.07, 6.45) is 4.97. The molecule has 0 bridgehead atoms. The summed E-state index contributed by atoms with van der Waals surface area (Å²) in [4.78, 5) is 11.4. The number of hydrogen-bond acceptors (Lipinski definition) is 3. The number of carbonyl (C=O) groups excluding carboxylic acids is 1. The van der Waals surface area contributed by atoms with E-state index in [1.54, 1.807) is 6.08 Å². The molecular weight excluding hydrogens is 216 g/mol. The molecule has 2 rings (SSSR count). The lowest BCUT2D eigenvalue weighted by atomic mass is 9.83. The molecule has 1 aliphatic heterocycles. The first-order chi connectivity index (χ1) is 8.13. The van der Waals surface area contributed by atoms with Crippen molar-refractivity contribution in [3.05, 3.63) is 24.8 Å². The van der Waals surface area contributed by atoms with Crippen LogP contribution >= 0.6 is 0 Å². The monoisotopic (exact) mass is 236 g/mol. The first-order valence-corrected chi connectivity index (χ1v) is 6.29. The largest absolute Gasteiger partial charge is 0.461 e. The van der Waals surface area contributed by atoms with Crippen LogP contribution in [0.25, 0.3) is 0 Å². The van der Waals surface area contributed by atoms with Crippen molar-refractivity contribution in [1.82, 2.24) is 0 Å². The number of ether oxygens (including phenoxy) is 1. The van der Waals surface area contributed by atoms with Crippen LogP contribution in [0.3, 0.4) is 0 Å². The predicted octanol–water partition coefficient (Wildman–Crippen LogP) is 2.21. The van der Waals surface area contributed by atoms with E-state index in [1.807, 2.05) is 0 Å². The van der Waals surface area contributed by atoms with Crippen LogP contribution in [0.15, 0.2) is 24.8 Å². The molecule has 94 valence electrons. The Bertz CT molecular complexity index is 334. The standard InChI is InChI=1S/C14H20O3/c1-3-5-12(15)11-8-13(16)17-14(11)10-7-4-6-9(10)2/h3,10-12,14-15H,1-2,4-8H2. The quantitative estimate of drug-likeness (QED) is 0.601. The van der Waals surface area contributed by atoms with Crippen molar-refractivity contribution in [3.63, 3.8) is 0 Å². The van der Waals surface area contributed by atoms with Crippen LogP contribution in [0.1, 0.15) is 32.1 Å². The van der Waals surface area contributed by atoms with Gasteiger partial charge < -0.3 is 9.84 Å². The molecule has 0 radical (unpaired) electrons. The minimum atomic E-state index is -0.530. The van der Waals surface area contributed by atoms with Gasteiger partial charge in [-0.2, -0.15) is 0 Å². The predicted molar refractivity (Wildman–Crippen MR) is 65.3 cm³/mol. The Morgan fingerprint density at radius 1 is 1.59 bits per heavy atom. The second-order valence-corrected chi connectivity index (χ2v) is 5.07. The van der Waals surface area contributed by atoms with Crippen molar-refractivity contribution in [2.24, 2.45) is 11.8 Å². The molecule has 0 aromatic rings. The molecule has 17 heavy (non-hydrogen) atoms. The molecule has 4 atom stereocenters. The number of carbonyl (C=O) groups is 1. The van der Waals surface area contributed by atoms with Gasteiger partial charge in [0.05, 0.1) is 12.5 Å². The minimum absolute atomic E-state index is 0.0969. The smallest absolute Gasteiger partial charge is 0.306 e. The molecule has 0 aromatic carbocycles. The molecule has 1 heterocycles.